The summed E-state index contributed by atoms with van der Waals surface area (Å²) in [5, 5.41) is 13.1. The Hall–Kier alpha value is -4.06. The maximum Gasteiger partial charge on any atom is 0.263 e. The van der Waals surface area contributed by atoms with Gasteiger partial charge in [0.15, 0.2) is 0 Å². The highest BCUT2D eigenvalue weighted by Gasteiger charge is 2.15. The Balaban J connectivity index is 1.54. The Kier molecular flexibility index (Phi) is 6.74. The molecule has 0 unspecified atom stereocenters. The molecule has 0 bridgehead atoms. The third kappa shape index (κ3) is 5.23. The molecule has 3 aromatic carbocycles. The van der Waals surface area contributed by atoms with E-state index in [2.05, 4.69) is 5.32 Å². The fourth-order valence-corrected chi connectivity index (χ4v) is 3.82. The third-order valence-electron chi connectivity index (χ3n) is 5.67. The zero-order valence-corrected chi connectivity index (χ0v) is 18.5. The number of fused-ring (bicyclic) bond motifs is 1. The van der Waals surface area contributed by atoms with E-state index in [4.69, 9.17) is 4.74 Å². The lowest BCUT2D eigenvalue weighted by Gasteiger charge is -2.13. The first-order valence-corrected chi connectivity index (χ1v) is 10.9. The molecule has 0 fully saturated rings. The summed E-state index contributed by atoms with van der Waals surface area (Å²) < 4.78 is 6.88. The second kappa shape index (κ2) is 10.0. The number of phenolic OH excluding ortho intramolecular Hbond substituents is 1. The largest absolute Gasteiger partial charge is 0.508 e. The van der Waals surface area contributed by atoms with Crippen molar-refractivity contribution in [3.8, 4) is 11.5 Å². The quantitative estimate of drug-likeness (QED) is 0.433. The number of pyridine rings is 1. The van der Waals surface area contributed by atoms with Crippen LogP contribution in [0.5, 0.6) is 11.5 Å². The van der Waals surface area contributed by atoms with E-state index in [1.807, 2.05) is 60.7 Å². The number of carbonyl (C=O) groups is 1. The summed E-state index contributed by atoms with van der Waals surface area (Å²) >= 11 is 0. The normalized spacial score (nSPS) is 10.8. The van der Waals surface area contributed by atoms with Crippen LogP contribution >= 0.6 is 0 Å². The molecule has 0 aliphatic rings. The molecule has 1 amide bonds. The van der Waals surface area contributed by atoms with Crippen LogP contribution in [0, 0.1) is 0 Å². The maximum atomic E-state index is 13.3. The van der Waals surface area contributed by atoms with Gasteiger partial charge in [-0.1, -0.05) is 42.5 Å². The lowest BCUT2D eigenvalue weighted by molar-refractivity contribution is 0.0952. The number of carbonyl (C=O) groups excluding carboxylic acids is 1. The molecule has 0 aliphatic heterocycles. The van der Waals surface area contributed by atoms with Crippen molar-refractivity contribution < 1.29 is 14.6 Å². The summed E-state index contributed by atoms with van der Waals surface area (Å²) in [6.07, 6.45) is 1.26. The van der Waals surface area contributed by atoms with Crippen molar-refractivity contribution in [3.05, 3.63) is 106 Å². The predicted molar refractivity (Wildman–Crippen MR) is 129 cm³/mol. The van der Waals surface area contributed by atoms with E-state index >= 15 is 0 Å². The van der Waals surface area contributed by atoms with Crippen LogP contribution in [0.2, 0.25) is 0 Å². The van der Waals surface area contributed by atoms with Crippen LogP contribution in [0.1, 0.15) is 21.5 Å². The smallest absolute Gasteiger partial charge is 0.263 e. The Labute approximate surface area is 192 Å². The van der Waals surface area contributed by atoms with Crippen molar-refractivity contribution in [2.75, 3.05) is 13.7 Å². The van der Waals surface area contributed by atoms with Gasteiger partial charge in [-0.3, -0.25) is 9.59 Å². The summed E-state index contributed by atoms with van der Waals surface area (Å²) in [5.41, 5.74) is 2.70. The molecule has 4 aromatic rings. The number of rotatable bonds is 8. The van der Waals surface area contributed by atoms with Crippen LogP contribution in [-0.4, -0.2) is 29.2 Å². The van der Waals surface area contributed by atoms with Crippen LogP contribution in [0.4, 0.5) is 0 Å². The van der Waals surface area contributed by atoms with E-state index in [9.17, 15) is 14.7 Å². The van der Waals surface area contributed by atoms with E-state index in [0.29, 0.717) is 25.9 Å². The number of amides is 1. The Morgan fingerprint density at radius 2 is 1.61 bits per heavy atom. The summed E-state index contributed by atoms with van der Waals surface area (Å²) in [5.74, 6) is 0.601. The molecule has 0 radical (unpaired) electrons. The van der Waals surface area contributed by atoms with Crippen molar-refractivity contribution in [2.45, 2.75) is 19.4 Å². The first-order valence-electron chi connectivity index (χ1n) is 10.9. The molecule has 0 saturated heterocycles. The van der Waals surface area contributed by atoms with Crippen LogP contribution in [-0.2, 0) is 19.4 Å². The summed E-state index contributed by atoms with van der Waals surface area (Å²) in [6, 6.07) is 23.9. The Bertz CT molecular complexity index is 1310. The molecule has 4 rings (SSSR count). The van der Waals surface area contributed by atoms with Crippen LogP contribution < -0.4 is 15.6 Å². The monoisotopic (exact) mass is 442 g/mol. The number of aromatic nitrogens is 1. The number of benzene rings is 3. The molecule has 6 nitrogen and oxygen atoms in total. The van der Waals surface area contributed by atoms with Gasteiger partial charge in [0, 0.05) is 13.1 Å². The van der Waals surface area contributed by atoms with Gasteiger partial charge in [-0.25, -0.2) is 0 Å². The SMILES string of the molecule is COc1ccc(CCn2c(=O)c(C(=O)NCCc3ccc(O)cc3)cc3ccccc32)cc1. The highest BCUT2D eigenvalue weighted by molar-refractivity contribution is 5.97. The summed E-state index contributed by atoms with van der Waals surface area (Å²) in [4.78, 5) is 26.1. The van der Waals surface area contributed by atoms with Gasteiger partial charge in [-0.2, -0.15) is 0 Å². The Morgan fingerprint density at radius 1 is 0.939 bits per heavy atom. The molecule has 0 saturated carbocycles. The van der Waals surface area contributed by atoms with Gasteiger partial charge in [-0.05, 0) is 65.8 Å². The minimum atomic E-state index is -0.386. The second-order valence-corrected chi connectivity index (χ2v) is 7.84. The first-order chi connectivity index (χ1) is 16.0. The van der Waals surface area contributed by atoms with Gasteiger partial charge in [0.1, 0.15) is 17.1 Å². The molecule has 0 spiro atoms. The van der Waals surface area contributed by atoms with E-state index in [1.165, 1.54) is 0 Å². The van der Waals surface area contributed by atoms with Crippen molar-refractivity contribution in [3.63, 3.8) is 0 Å². The highest BCUT2D eigenvalue weighted by atomic mass is 16.5. The number of nitrogens with one attached hydrogen (secondary N) is 1. The minimum Gasteiger partial charge on any atom is -0.508 e. The molecule has 6 heteroatoms. The van der Waals surface area contributed by atoms with Crippen LogP contribution in [0.3, 0.4) is 0 Å². The van der Waals surface area contributed by atoms with Gasteiger partial charge in [0.2, 0.25) is 0 Å². The zero-order valence-electron chi connectivity index (χ0n) is 18.5. The highest BCUT2D eigenvalue weighted by Crippen LogP contribution is 2.16. The van der Waals surface area contributed by atoms with Crippen molar-refractivity contribution >= 4 is 16.8 Å². The van der Waals surface area contributed by atoms with Crippen LogP contribution in [0.25, 0.3) is 10.9 Å². The van der Waals surface area contributed by atoms with E-state index < -0.39 is 0 Å². The summed E-state index contributed by atoms with van der Waals surface area (Å²) in [7, 11) is 1.63. The number of para-hydroxylation sites is 1. The maximum absolute atomic E-state index is 13.3. The lowest BCUT2D eigenvalue weighted by atomic mass is 10.1. The number of hydrogen-bond acceptors (Lipinski definition) is 4. The Morgan fingerprint density at radius 3 is 2.33 bits per heavy atom. The molecular weight excluding hydrogens is 416 g/mol. The molecule has 1 aromatic heterocycles. The van der Waals surface area contributed by atoms with Crippen molar-refractivity contribution in [1.82, 2.24) is 9.88 Å². The average molecular weight is 443 g/mol. The average Bonchev–Trinajstić information content (AvgIpc) is 2.84. The molecule has 33 heavy (non-hydrogen) atoms. The van der Waals surface area contributed by atoms with Gasteiger partial charge >= 0.3 is 0 Å². The predicted octanol–water partition coefficient (Wildman–Crippen LogP) is 3.93. The number of methoxy groups -OCH3 is 1. The zero-order chi connectivity index (χ0) is 23.2. The van der Waals surface area contributed by atoms with Crippen molar-refractivity contribution in [1.29, 1.82) is 0 Å². The third-order valence-corrected chi connectivity index (χ3v) is 5.67. The van der Waals surface area contributed by atoms with E-state index in [1.54, 1.807) is 29.9 Å². The number of nitrogens with zero attached hydrogens (tertiary/aromatic N) is 1. The van der Waals surface area contributed by atoms with Crippen molar-refractivity contribution in [2.24, 2.45) is 0 Å². The number of aryl methyl sites for hydroxylation is 2. The molecule has 1 heterocycles. The van der Waals surface area contributed by atoms with Gasteiger partial charge < -0.3 is 19.7 Å². The molecular formula is C27H26N2O4. The van der Waals surface area contributed by atoms with Gasteiger partial charge in [0.05, 0.1) is 12.6 Å². The lowest BCUT2D eigenvalue weighted by Crippen LogP contribution is -2.34. The van der Waals surface area contributed by atoms with Gasteiger partial charge in [-0.15, -0.1) is 0 Å². The second-order valence-electron chi connectivity index (χ2n) is 7.84. The number of aromatic hydroxyl groups is 1. The summed E-state index contributed by atoms with van der Waals surface area (Å²) in [6.45, 7) is 0.849. The molecule has 168 valence electrons. The fraction of sp³-hybridized carbons (Fsp3) is 0.185. The topological polar surface area (TPSA) is 80.6 Å². The minimum absolute atomic E-state index is 0.133. The number of hydrogen-bond donors (Lipinski definition) is 2. The standard InChI is InChI=1S/C27H26N2O4/c1-33-23-12-8-20(9-13-23)15-17-29-25-5-3-2-4-21(25)18-24(27(29)32)26(31)28-16-14-19-6-10-22(30)11-7-19/h2-13,18,30H,14-17H2,1H3,(H,28,31). The van der Waals surface area contributed by atoms with Crippen LogP contribution in [0.15, 0.2) is 83.7 Å². The van der Waals surface area contributed by atoms with E-state index in [-0.39, 0.29) is 22.8 Å². The molecule has 0 aliphatic carbocycles. The number of ether oxygens (including phenoxy) is 1. The number of phenols is 1. The fourth-order valence-electron chi connectivity index (χ4n) is 3.82. The molecule has 2 N–H and O–H groups in total. The van der Waals surface area contributed by atoms with E-state index in [0.717, 1.165) is 27.8 Å². The molecule has 0 atom stereocenters. The first kappa shape index (κ1) is 22.1. The van der Waals surface area contributed by atoms with Gasteiger partial charge in [0.25, 0.3) is 11.5 Å².